The van der Waals surface area contributed by atoms with Crippen molar-refractivity contribution in [3.8, 4) is 17.0 Å². The number of sulfonamides is 1. The summed E-state index contributed by atoms with van der Waals surface area (Å²) in [6, 6.07) is 13.8. The number of nitrogens with one attached hydrogen (secondary N) is 2. The van der Waals surface area contributed by atoms with E-state index in [-0.39, 0.29) is 27.9 Å². The largest absolute Gasteiger partial charge is 0.497 e. The number of hydrogen-bond donors (Lipinski definition) is 2. The first-order valence-corrected chi connectivity index (χ1v) is 14.2. The lowest BCUT2D eigenvalue weighted by molar-refractivity contribution is -0.142. The number of carbonyl (C=O) groups is 1. The maximum absolute atomic E-state index is 14.0. The van der Waals surface area contributed by atoms with E-state index in [1.807, 2.05) is 0 Å². The van der Waals surface area contributed by atoms with Crippen LogP contribution in [0.1, 0.15) is 27.6 Å². The van der Waals surface area contributed by atoms with Gasteiger partial charge < -0.3 is 10.1 Å². The van der Waals surface area contributed by atoms with E-state index in [9.17, 15) is 26.4 Å². The standard InChI is InChI=1S/C27H21ClF3N7O4S/c1-14-11-15(2)33-26(32-14)37-43(40,41)19-9-7-17(8-10-19)34-25(39)23-22(28)24-35-20(16-5-4-6-18(12-16)42-3)13-21(27(29,30)31)38(24)36-23/h4-13H,1-3H3,(H,34,39)(H,32,33,37). The molecule has 0 aliphatic heterocycles. The van der Waals surface area contributed by atoms with Crippen molar-refractivity contribution in [1.29, 1.82) is 0 Å². The Hall–Kier alpha value is -4.76. The number of hydrogen-bond acceptors (Lipinski definition) is 8. The Morgan fingerprint density at radius 3 is 2.28 bits per heavy atom. The van der Waals surface area contributed by atoms with Crippen molar-refractivity contribution in [2.45, 2.75) is 24.9 Å². The van der Waals surface area contributed by atoms with E-state index >= 15 is 0 Å². The molecule has 0 fully saturated rings. The second kappa shape index (κ2) is 11.1. The molecule has 0 radical (unpaired) electrons. The van der Waals surface area contributed by atoms with Crippen LogP contribution in [0.5, 0.6) is 5.75 Å². The van der Waals surface area contributed by atoms with E-state index in [1.165, 1.54) is 37.4 Å². The van der Waals surface area contributed by atoms with Crippen LogP contribution < -0.4 is 14.8 Å². The van der Waals surface area contributed by atoms with Gasteiger partial charge >= 0.3 is 6.18 Å². The van der Waals surface area contributed by atoms with E-state index in [0.717, 1.165) is 6.07 Å². The topological polar surface area (TPSA) is 140 Å². The van der Waals surface area contributed by atoms with Gasteiger partial charge in [-0.05, 0) is 62.4 Å². The van der Waals surface area contributed by atoms with Gasteiger partial charge in [-0.2, -0.15) is 18.3 Å². The molecule has 0 bridgehead atoms. The number of carbonyl (C=O) groups excluding carboxylic acids is 1. The molecule has 1 amide bonds. The summed E-state index contributed by atoms with van der Waals surface area (Å²) in [5, 5.41) is 5.85. The summed E-state index contributed by atoms with van der Waals surface area (Å²) < 4.78 is 75.6. The quantitative estimate of drug-likeness (QED) is 0.239. The van der Waals surface area contributed by atoms with E-state index < -0.39 is 38.5 Å². The Labute approximate surface area is 247 Å². The van der Waals surface area contributed by atoms with E-state index in [2.05, 4.69) is 30.1 Å². The summed E-state index contributed by atoms with van der Waals surface area (Å²) in [4.78, 5) is 25.2. The monoisotopic (exact) mass is 631 g/mol. The van der Waals surface area contributed by atoms with Gasteiger partial charge in [0.15, 0.2) is 17.0 Å². The fourth-order valence-electron chi connectivity index (χ4n) is 4.13. The number of aryl methyl sites for hydroxylation is 2. The van der Waals surface area contributed by atoms with Gasteiger partial charge in [0.25, 0.3) is 15.9 Å². The number of alkyl halides is 3. The zero-order valence-corrected chi connectivity index (χ0v) is 24.1. The molecule has 2 N–H and O–H groups in total. The van der Waals surface area contributed by atoms with Crippen LogP contribution >= 0.6 is 11.6 Å². The zero-order chi connectivity index (χ0) is 31.1. The van der Waals surface area contributed by atoms with Gasteiger partial charge in [0.05, 0.1) is 17.7 Å². The van der Waals surface area contributed by atoms with Gasteiger partial charge in [-0.3, -0.25) is 4.79 Å². The zero-order valence-electron chi connectivity index (χ0n) is 22.6. The molecular formula is C27H21ClF3N7O4S. The lowest BCUT2D eigenvalue weighted by Crippen LogP contribution is -2.17. The molecule has 16 heteroatoms. The Balaban J connectivity index is 1.43. The molecule has 0 saturated carbocycles. The molecule has 0 unspecified atom stereocenters. The van der Waals surface area contributed by atoms with Gasteiger partial charge in [0.1, 0.15) is 10.8 Å². The normalized spacial score (nSPS) is 11.9. The number of methoxy groups -OCH3 is 1. The highest BCUT2D eigenvalue weighted by Crippen LogP contribution is 2.35. The molecule has 11 nitrogen and oxygen atoms in total. The summed E-state index contributed by atoms with van der Waals surface area (Å²) in [7, 11) is -2.65. The molecule has 0 spiro atoms. The number of anilines is 2. The lowest BCUT2D eigenvalue weighted by Gasteiger charge is -2.11. The average molecular weight is 632 g/mol. The minimum atomic E-state index is -4.87. The number of fused-ring (bicyclic) bond motifs is 1. The van der Waals surface area contributed by atoms with Crippen LogP contribution in [0, 0.1) is 13.8 Å². The van der Waals surface area contributed by atoms with Crippen LogP contribution in [0.4, 0.5) is 24.8 Å². The Morgan fingerprint density at radius 2 is 1.65 bits per heavy atom. The molecule has 43 heavy (non-hydrogen) atoms. The fourth-order valence-corrected chi connectivity index (χ4v) is 5.32. The fraction of sp³-hybridized carbons (Fsp3) is 0.148. The molecule has 0 atom stereocenters. The first-order chi connectivity index (χ1) is 20.2. The van der Waals surface area contributed by atoms with Crippen LogP contribution in [-0.4, -0.2) is 46.0 Å². The predicted molar refractivity (Wildman–Crippen MR) is 152 cm³/mol. The maximum atomic E-state index is 14.0. The van der Waals surface area contributed by atoms with Crippen LogP contribution in [0.25, 0.3) is 16.9 Å². The summed E-state index contributed by atoms with van der Waals surface area (Å²) in [5.74, 6) is -0.637. The first kappa shape index (κ1) is 29.7. The Kier molecular flexibility index (Phi) is 7.70. The highest BCUT2D eigenvalue weighted by atomic mass is 35.5. The Bertz CT molecular complexity index is 1960. The highest BCUT2D eigenvalue weighted by Gasteiger charge is 2.37. The first-order valence-electron chi connectivity index (χ1n) is 12.3. The molecular weight excluding hydrogens is 611 g/mol. The molecule has 222 valence electrons. The molecule has 5 aromatic rings. The Morgan fingerprint density at radius 1 is 0.977 bits per heavy atom. The molecule has 3 aromatic heterocycles. The summed E-state index contributed by atoms with van der Waals surface area (Å²) >= 11 is 6.34. The van der Waals surface area contributed by atoms with Crippen LogP contribution in [0.3, 0.4) is 0 Å². The van der Waals surface area contributed by atoms with Gasteiger partial charge in [-0.15, -0.1) is 0 Å². The average Bonchev–Trinajstić information content (AvgIpc) is 3.27. The van der Waals surface area contributed by atoms with Crippen molar-refractivity contribution in [3.05, 3.63) is 88.5 Å². The summed E-state index contributed by atoms with van der Waals surface area (Å²) in [6.45, 7) is 3.39. The third-order valence-electron chi connectivity index (χ3n) is 6.03. The van der Waals surface area contributed by atoms with Crippen molar-refractivity contribution in [3.63, 3.8) is 0 Å². The van der Waals surface area contributed by atoms with Crippen LogP contribution in [0.2, 0.25) is 5.02 Å². The summed E-state index contributed by atoms with van der Waals surface area (Å²) in [5.41, 5.74) is -0.584. The molecule has 0 saturated heterocycles. The number of nitrogens with zero attached hydrogens (tertiary/aromatic N) is 5. The predicted octanol–water partition coefficient (Wildman–Crippen LogP) is 5.54. The maximum Gasteiger partial charge on any atom is 0.433 e. The minimum Gasteiger partial charge on any atom is -0.497 e. The number of aromatic nitrogens is 5. The number of amides is 1. The molecule has 2 aromatic carbocycles. The SMILES string of the molecule is COc1cccc(-c2cc(C(F)(F)F)n3nc(C(=O)Nc4ccc(S(=O)(=O)Nc5nc(C)cc(C)n5)cc4)c(Cl)c3n2)c1. The third kappa shape index (κ3) is 6.22. The number of halogens is 4. The second-order valence-electron chi connectivity index (χ2n) is 9.21. The van der Waals surface area contributed by atoms with E-state index in [4.69, 9.17) is 16.3 Å². The number of benzene rings is 2. The minimum absolute atomic E-state index is 0.0656. The second-order valence-corrected chi connectivity index (χ2v) is 11.3. The van der Waals surface area contributed by atoms with Crippen LogP contribution in [-0.2, 0) is 16.2 Å². The third-order valence-corrected chi connectivity index (χ3v) is 7.73. The summed E-state index contributed by atoms with van der Waals surface area (Å²) in [6.07, 6.45) is -4.87. The lowest BCUT2D eigenvalue weighted by atomic mass is 10.1. The molecule has 0 aliphatic rings. The van der Waals surface area contributed by atoms with Gasteiger partial charge in [0, 0.05) is 22.6 Å². The van der Waals surface area contributed by atoms with Gasteiger partial charge in [-0.1, -0.05) is 23.7 Å². The van der Waals surface area contributed by atoms with Crippen molar-refractivity contribution < 1.29 is 31.1 Å². The smallest absolute Gasteiger partial charge is 0.433 e. The van der Waals surface area contributed by atoms with Crippen molar-refractivity contribution >= 4 is 44.8 Å². The molecule has 3 heterocycles. The number of ether oxygens (including phenoxy) is 1. The van der Waals surface area contributed by atoms with Crippen molar-refractivity contribution in [2.24, 2.45) is 0 Å². The van der Waals surface area contributed by atoms with E-state index in [0.29, 0.717) is 27.2 Å². The molecule has 5 rings (SSSR count). The van der Waals surface area contributed by atoms with Crippen molar-refractivity contribution in [2.75, 3.05) is 17.1 Å². The highest BCUT2D eigenvalue weighted by molar-refractivity contribution is 7.92. The number of rotatable bonds is 7. The van der Waals surface area contributed by atoms with Crippen LogP contribution in [0.15, 0.2) is 65.6 Å². The van der Waals surface area contributed by atoms with Crippen molar-refractivity contribution in [1.82, 2.24) is 24.6 Å². The van der Waals surface area contributed by atoms with Gasteiger partial charge in [-0.25, -0.2) is 32.6 Å². The van der Waals surface area contributed by atoms with E-state index in [1.54, 1.807) is 38.1 Å². The molecule has 0 aliphatic carbocycles. The van der Waals surface area contributed by atoms with Gasteiger partial charge in [0.2, 0.25) is 5.95 Å².